The molecule has 0 saturated heterocycles. The average Bonchev–Trinajstić information content (AvgIpc) is 3.12. The van der Waals surface area contributed by atoms with Crippen LogP contribution in [0, 0.1) is 11.8 Å². The van der Waals surface area contributed by atoms with E-state index in [1.807, 2.05) is 36.4 Å². The van der Waals surface area contributed by atoms with E-state index in [1.54, 1.807) is 18.0 Å². The smallest absolute Gasteiger partial charge is 0.293 e. The number of aromatic hydroxyl groups is 1. The quantitative estimate of drug-likeness (QED) is 0.454. The van der Waals surface area contributed by atoms with Gasteiger partial charge >= 0.3 is 0 Å². The summed E-state index contributed by atoms with van der Waals surface area (Å²) in [5.41, 5.74) is 3.52. The molecule has 0 saturated carbocycles. The zero-order valence-electron chi connectivity index (χ0n) is 19.0. The van der Waals surface area contributed by atoms with Crippen molar-refractivity contribution in [3.63, 3.8) is 0 Å². The van der Waals surface area contributed by atoms with Crippen LogP contribution in [0.1, 0.15) is 44.2 Å². The molecule has 1 aromatic heterocycles. The van der Waals surface area contributed by atoms with Gasteiger partial charge in [0.2, 0.25) is 5.75 Å². The predicted molar refractivity (Wildman–Crippen MR) is 127 cm³/mol. The Bertz CT molecular complexity index is 1340. The molecule has 1 amide bonds. The molecule has 1 atom stereocenters. The number of carbonyl (C=O) groups excluding carboxylic acids is 1. The predicted octanol–water partition coefficient (Wildman–Crippen LogP) is 2.64. The van der Waals surface area contributed by atoms with Gasteiger partial charge in [-0.2, -0.15) is 0 Å². The summed E-state index contributed by atoms with van der Waals surface area (Å²) in [6.45, 7) is 0.217. The van der Waals surface area contributed by atoms with Gasteiger partial charge in [-0.05, 0) is 41.8 Å². The van der Waals surface area contributed by atoms with Crippen LogP contribution in [0.4, 0.5) is 8.78 Å². The Kier molecular flexibility index (Phi) is 7.22. The van der Waals surface area contributed by atoms with Gasteiger partial charge in [-0.1, -0.05) is 30.0 Å². The molecule has 0 spiro atoms. The van der Waals surface area contributed by atoms with E-state index in [9.17, 15) is 23.5 Å². The second kappa shape index (κ2) is 10.5. The minimum Gasteiger partial charge on any atom is -0.502 e. The Balaban J connectivity index is 1.49. The molecule has 1 aliphatic heterocycles. The number of nitrogens with one attached hydrogen (secondary N) is 2. The van der Waals surface area contributed by atoms with E-state index in [0.717, 1.165) is 22.3 Å². The van der Waals surface area contributed by atoms with E-state index >= 15 is 0 Å². The number of fused-ring (bicyclic) bond motifs is 1. The number of hydrogen-bond acceptors (Lipinski definition) is 5. The van der Waals surface area contributed by atoms with E-state index in [2.05, 4.69) is 27.1 Å². The van der Waals surface area contributed by atoms with Crippen LogP contribution in [0.15, 0.2) is 53.6 Å². The third-order valence-electron chi connectivity index (χ3n) is 5.81. The maximum atomic E-state index is 12.6. The molecule has 180 valence electrons. The minimum atomic E-state index is -2.51. The SMILES string of the molecule is CN1Cc2ccc(C#Cc3ccc(CC(CNCC(F)F)c4nc[nH]c(=O)c4O)cc3)cc2C1=O. The molecule has 0 fully saturated rings. The molecule has 0 aliphatic carbocycles. The summed E-state index contributed by atoms with van der Waals surface area (Å²) < 4.78 is 25.2. The summed E-state index contributed by atoms with van der Waals surface area (Å²) in [5, 5.41) is 12.8. The zero-order chi connectivity index (χ0) is 24.9. The molecule has 1 aliphatic rings. The highest BCUT2D eigenvalue weighted by Gasteiger charge is 2.24. The van der Waals surface area contributed by atoms with Crippen molar-refractivity contribution in [1.29, 1.82) is 0 Å². The minimum absolute atomic E-state index is 0.00784. The van der Waals surface area contributed by atoms with Gasteiger partial charge in [-0.3, -0.25) is 9.59 Å². The van der Waals surface area contributed by atoms with Crippen molar-refractivity contribution >= 4 is 5.91 Å². The van der Waals surface area contributed by atoms with Crippen molar-refractivity contribution < 1.29 is 18.7 Å². The number of benzene rings is 2. The van der Waals surface area contributed by atoms with Crippen molar-refractivity contribution in [3.8, 4) is 17.6 Å². The first-order chi connectivity index (χ1) is 16.8. The molecule has 2 aromatic carbocycles. The van der Waals surface area contributed by atoms with Gasteiger partial charge in [0.05, 0.1) is 18.6 Å². The molecule has 4 rings (SSSR count). The second-order valence-corrected chi connectivity index (χ2v) is 8.40. The molecule has 3 N–H and O–H groups in total. The maximum Gasteiger partial charge on any atom is 0.293 e. The first kappa shape index (κ1) is 24.1. The summed E-state index contributed by atoms with van der Waals surface area (Å²) >= 11 is 0. The van der Waals surface area contributed by atoms with E-state index < -0.39 is 30.2 Å². The first-order valence-electron chi connectivity index (χ1n) is 11.1. The second-order valence-electron chi connectivity index (χ2n) is 8.40. The van der Waals surface area contributed by atoms with Crippen LogP contribution in [-0.4, -0.2) is 52.4 Å². The van der Waals surface area contributed by atoms with Gasteiger partial charge in [-0.25, -0.2) is 13.8 Å². The van der Waals surface area contributed by atoms with Crippen molar-refractivity contribution in [1.82, 2.24) is 20.2 Å². The highest BCUT2D eigenvalue weighted by Crippen LogP contribution is 2.24. The van der Waals surface area contributed by atoms with Crippen molar-refractivity contribution in [2.45, 2.75) is 25.3 Å². The van der Waals surface area contributed by atoms with Gasteiger partial charge in [0.1, 0.15) is 0 Å². The largest absolute Gasteiger partial charge is 0.502 e. The summed E-state index contributed by atoms with van der Waals surface area (Å²) in [6, 6.07) is 13.0. The van der Waals surface area contributed by atoms with E-state index in [4.69, 9.17) is 0 Å². The number of aromatic nitrogens is 2. The summed E-state index contributed by atoms with van der Waals surface area (Å²) in [4.78, 5) is 32.0. The Morgan fingerprint density at radius 3 is 2.57 bits per heavy atom. The molecule has 7 nitrogen and oxygen atoms in total. The van der Waals surface area contributed by atoms with Gasteiger partial charge in [0.25, 0.3) is 17.9 Å². The monoisotopic (exact) mass is 478 g/mol. The maximum absolute atomic E-state index is 12.6. The number of amides is 1. The number of hydrogen-bond donors (Lipinski definition) is 3. The number of aromatic amines is 1. The standard InChI is InChI=1S/C26H24F2N4O3/c1-32-14-19-9-8-18(11-21(19)26(32)35)7-4-16-2-5-17(6-3-16)10-20(12-29-13-22(27)28)23-24(33)25(34)31-15-30-23/h2-3,5-6,8-9,11,15,20,22,29,33H,10,12-14H2,1H3,(H,30,31,34). The van der Waals surface area contributed by atoms with Crippen LogP contribution in [-0.2, 0) is 13.0 Å². The van der Waals surface area contributed by atoms with Crippen LogP contribution in [0.25, 0.3) is 0 Å². The van der Waals surface area contributed by atoms with Crippen LogP contribution >= 0.6 is 0 Å². The average molecular weight is 478 g/mol. The Labute approximate surface area is 200 Å². The lowest BCUT2D eigenvalue weighted by atomic mass is 9.94. The molecule has 2 heterocycles. The number of carbonyl (C=O) groups is 1. The third kappa shape index (κ3) is 5.73. The van der Waals surface area contributed by atoms with Gasteiger partial charge in [0, 0.05) is 42.7 Å². The van der Waals surface area contributed by atoms with Crippen molar-refractivity contribution in [3.05, 3.63) is 92.7 Å². The molecule has 9 heteroatoms. The normalized spacial score (nSPS) is 13.5. The molecule has 1 unspecified atom stereocenters. The van der Waals surface area contributed by atoms with Gasteiger partial charge in [-0.15, -0.1) is 0 Å². The summed E-state index contributed by atoms with van der Waals surface area (Å²) in [5.74, 6) is 5.15. The topological polar surface area (TPSA) is 98.3 Å². The fourth-order valence-electron chi connectivity index (χ4n) is 4.01. The van der Waals surface area contributed by atoms with Gasteiger partial charge in [0.15, 0.2) is 0 Å². The number of halogens is 2. The zero-order valence-corrected chi connectivity index (χ0v) is 19.0. The highest BCUT2D eigenvalue weighted by molar-refractivity contribution is 5.98. The number of rotatable bonds is 7. The number of nitrogens with zero attached hydrogens (tertiary/aromatic N) is 2. The van der Waals surface area contributed by atoms with Crippen LogP contribution < -0.4 is 10.9 Å². The van der Waals surface area contributed by atoms with Crippen molar-refractivity contribution in [2.75, 3.05) is 20.1 Å². The lowest BCUT2D eigenvalue weighted by Gasteiger charge is -2.18. The lowest BCUT2D eigenvalue weighted by molar-refractivity contribution is 0.0816. The van der Waals surface area contributed by atoms with E-state index in [1.165, 1.54) is 6.33 Å². The van der Waals surface area contributed by atoms with E-state index in [-0.39, 0.29) is 18.1 Å². The molecule has 0 bridgehead atoms. The molecular weight excluding hydrogens is 454 g/mol. The highest BCUT2D eigenvalue weighted by atomic mass is 19.3. The fourth-order valence-corrected chi connectivity index (χ4v) is 4.01. The van der Waals surface area contributed by atoms with Gasteiger partial charge < -0.3 is 20.3 Å². The Hall–Kier alpha value is -4.03. The molecular formula is C26H24F2N4O3. The van der Waals surface area contributed by atoms with E-state index in [0.29, 0.717) is 18.5 Å². The molecule has 0 radical (unpaired) electrons. The molecule has 35 heavy (non-hydrogen) atoms. The summed E-state index contributed by atoms with van der Waals surface area (Å²) in [7, 11) is 1.77. The summed E-state index contributed by atoms with van der Waals surface area (Å²) in [6.07, 6.45) is -0.964. The van der Waals surface area contributed by atoms with Crippen LogP contribution in [0.3, 0.4) is 0 Å². The van der Waals surface area contributed by atoms with Crippen LogP contribution in [0.5, 0.6) is 5.75 Å². The lowest BCUT2D eigenvalue weighted by Crippen LogP contribution is -2.28. The number of alkyl halides is 2. The molecule has 3 aromatic rings. The fraction of sp³-hybridized carbons (Fsp3) is 0.269. The first-order valence-corrected chi connectivity index (χ1v) is 11.1. The third-order valence-corrected chi connectivity index (χ3v) is 5.81. The Morgan fingerprint density at radius 2 is 1.83 bits per heavy atom. The number of H-pyrrole nitrogens is 1. The Morgan fingerprint density at radius 1 is 1.11 bits per heavy atom. The van der Waals surface area contributed by atoms with Crippen molar-refractivity contribution in [2.24, 2.45) is 0 Å². The van der Waals surface area contributed by atoms with Crippen LogP contribution in [0.2, 0.25) is 0 Å².